The standard InChI is InChI=1S/C20H20Cl2N2O2S/c1-12(2)24(11-13-7-8-14(21)15(22)9-13)19(25)10-18-20(26)23-16-5-3-4-6-17(16)27-18/h3-9,12,18H,10-11H2,1-2H3,(H,23,26). The van der Waals surface area contributed by atoms with Gasteiger partial charge in [0.15, 0.2) is 0 Å². The second-order valence-corrected chi connectivity index (χ2v) is 8.72. The van der Waals surface area contributed by atoms with E-state index in [1.807, 2.05) is 44.2 Å². The summed E-state index contributed by atoms with van der Waals surface area (Å²) in [6.07, 6.45) is 0.143. The number of hydrogen-bond acceptors (Lipinski definition) is 3. The number of benzene rings is 2. The number of para-hydroxylation sites is 1. The Morgan fingerprint density at radius 2 is 1.93 bits per heavy atom. The van der Waals surface area contributed by atoms with E-state index in [1.165, 1.54) is 11.8 Å². The molecule has 3 rings (SSSR count). The quantitative estimate of drug-likeness (QED) is 0.716. The average Bonchev–Trinajstić information content (AvgIpc) is 2.62. The van der Waals surface area contributed by atoms with Crippen molar-refractivity contribution in [3.05, 3.63) is 58.1 Å². The first-order valence-corrected chi connectivity index (χ1v) is 10.3. The number of amides is 2. The van der Waals surface area contributed by atoms with Crippen LogP contribution >= 0.6 is 35.0 Å². The first-order chi connectivity index (χ1) is 12.8. The number of carbonyl (C=O) groups excluding carboxylic acids is 2. The van der Waals surface area contributed by atoms with Gasteiger partial charge in [0.25, 0.3) is 0 Å². The van der Waals surface area contributed by atoms with Gasteiger partial charge in [-0.1, -0.05) is 41.4 Å². The van der Waals surface area contributed by atoms with E-state index in [-0.39, 0.29) is 24.3 Å². The van der Waals surface area contributed by atoms with Crippen LogP contribution < -0.4 is 5.32 Å². The van der Waals surface area contributed by atoms with Crippen molar-refractivity contribution >= 4 is 52.5 Å². The van der Waals surface area contributed by atoms with Crippen molar-refractivity contribution in [2.75, 3.05) is 5.32 Å². The Labute approximate surface area is 173 Å². The van der Waals surface area contributed by atoms with Crippen LogP contribution in [-0.4, -0.2) is 28.0 Å². The number of nitrogens with zero attached hydrogens (tertiary/aromatic N) is 1. The Bertz CT molecular complexity index is 873. The van der Waals surface area contributed by atoms with Crippen LogP contribution in [0.25, 0.3) is 0 Å². The SMILES string of the molecule is CC(C)N(Cc1ccc(Cl)c(Cl)c1)C(=O)CC1Sc2ccccc2NC1=O. The zero-order chi connectivity index (χ0) is 19.6. The van der Waals surface area contributed by atoms with Crippen LogP contribution in [0.5, 0.6) is 0 Å². The van der Waals surface area contributed by atoms with Gasteiger partial charge in [0.1, 0.15) is 0 Å². The zero-order valence-corrected chi connectivity index (χ0v) is 17.4. The van der Waals surface area contributed by atoms with Crippen LogP contribution in [0.4, 0.5) is 5.69 Å². The third-order valence-electron chi connectivity index (χ3n) is 4.35. The van der Waals surface area contributed by atoms with Gasteiger partial charge in [-0.05, 0) is 43.7 Å². The van der Waals surface area contributed by atoms with E-state index in [4.69, 9.17) is 23.2 Å². The monoisotopic (exact) mass is 422 g/mol. The molecular weight excluding hydrogens is 403 g/mol. The third-order valence-corrected chi connectivity index (χ3v) is 6.36. The molecule has 0 aliphatic carbocycles. The predicted molar refractivity (Wildman–Crippen MR) is 111 cm³/mol. The molecule has 1 heterocycles. The van der Waals surface area contributed by atoms with Crippen molar-refractivity contribution in [2.24, 2.45) is 0 Å². The third kappa shape index (κ3) is 4.78. The lowest BCUT2D eigenvalue weighted by Gasteiger charge is -2.30. The highest BCUT2D eigenvalue weighted by Crippen LogP contribution is 2.37. The maximum atomic E-state index is 12.9. The summed E-state index contributed by atoms with van der Waals surface area (Å²) in [4.78, 5) is 28.1. The Kier molecular flexibility index (Phi) is 6.35. The molecule has 0 saturated heterocycles. The van der Waals surface area contributed by atoms with Crippen molar-refractivity contribution < 1.29 is 9.59 Å². The maximum absolute atomic E-state index is 12.9. The van der Waals surface area contributed by atoms with E-state index in [9.17, 15) is 9.59 Å². The molecule has 7 heteroatoms. The molecule has 1 N–H and O–H groups in total. The Hall–Kier alpha value is -1.69. The van der Waals surface area contributed by atoms with Crippen molar-refractivity contribution in [2.45, 2.75) is 43.0 Å². The molecule has 1 atom stereocenters. The van der Waals surface area contributed by atoms with Gasteiger partial charge in [-0.25, -0.2) is 0 Å². The molecule has 0 bridgehead atoms. The molecule has 2 amide bonds. The van der Waals surface area contributed by atoms with Gasteiger partial charge >= 0.3 is 0 Å². The van der Waals surface area contributed by atoms with Gasteiger partial charge < -0.3 is 10.2 Å². The lowest BCUT2D eigenvalue weighted by Crippen LogP contribution is -2.40. The summed E-state index contributed by atoms with van der Waals surface area (Å²) in [6.45, 7) is 4.33. The van der Waals surface area contributed by atoms with Crippen LogP contribution in [-0.2, 0) is 16.1 Å². The summed E-state index contributed by atoms with van der Waals surface area (Å²) in [5, 5.41) is 3.39. The second-order valence-electron chi connectivity index (χ2n) is 6.66. The van der Waals surface area contributed by atoms with Crippen LogP contribution in [0, 0.1) is 0 Å². The largest absolute Gasteiger partial charge is 0.336 e. The average molecular weight is 423 g/mol. The molecule has 2 aromatic carbocycles. The molecule has 27 heavy (non-hydrogen) atoms. The topological polar surface area (TPSA) is 49.4 Å². The van der Waals surface area contributed by atoms with Gasteiger partial charge in [0.05, 0.1) is 21.0 Å². The van der Waals surface area contributed by atoms with E-state index < -0.39 is 5.25 Å². The summed E-state index contributed by atoms with van der Waals surface area (Å²) in [6, 6.07) is 13.0. The normalized spacial score (nSPS) is 16.0. The molecule has 1 aliphatic rings. The number of fused-ring (bicyclic) bond motifs is 1. The van der Waals surface area contributed by atoms with Crippen LogP contribution in [0.2, 0.25) is 10.0 Å². The molecule has 0 aromatic heterocycles. The van der Waals surface area contributed by atoms with E-state index in [0.29, 0.717) is 16.6 Å². The fraction of sp³-hybridized carbons (Fsp3) is 0.300. The Morgan fingerprint density at radius 3 is 2.63 bits per heavy atom. The number of hydrogen-bond donors (Lipinski definition) is 1. The number of anilines is 1. The fourth-order valence-corrected chi connectivity index (χ4v) is 4.32. The molecule has 0 saturated carbocycles. The van der Waals surface area contributed by atoms with Crippen LogP contribution in [0.3, 0.4) is 0 Å². The van der Waals surface area contributed by atoms with Gasteiger partial charge in [0, 0.05) is 23.9 Å². The molecular formula is C20H20Cl2N2O2S. The highest BCUT2D eigenvalue weighted by molar-refractivity contribution is 8.01. The Morgan fingerprint density at radius 1 is 1.19 bits per heavy atom. The maximum Gasteiger partial charge on any atom is 0.238 e. The van der Waals surface area contributed by atoms with Crippen molar-refractivity contribution in [1.29, 1.82) is 0 Å². The molecule has 2 aromatic rings. The van der Waals surface area contributed by atoms with E-state index in [0.717, 1.165) is 16.1 Å². The summed E-state index contributed by atoms with van der Waals surface area (Å²) in [7, 11) is 0. The fourth-order valence-electron chi connectivity index (χ4n) is 2.90. The predicted octanol–water partition coefficient (Wildman–Crippen LogP) is 5.23. The van der Waals surface area contributed by atoms with E-state index in [2.05, 4.69) is 5.32 Å². The number of halogens is 2. The van der Waals surface area contributed by atoms with Crippen molar-refractivity contribution in [1.82, 2.24) is 4.90 Å². The smallest absolute Gasteiger partial charge is 0.238 e. The van der Waals surface area contributed by atoms with Gasteiger partial charge in [-0.3, -0.25) is 9.59 Å². The second kappa shape index (κ2) is 8.55. The lowest BCUT2D eigenvalue weighted by molar-refractivity contribution is -0.134. The van der Waals surface area contributed by atoms with Gasteiger partial charge in [-0.15, -0.1) is 11.8 Å². The summed E-state index contributed by atoms with van der Waals surface area (Å²) < 4.78 is 0. The molecule has 0 radical (unpaired) electrons. The number of thioether (sulfide) groups is 1. The van der Waals surface area contributed by atoms with Crippen LogP contribution in [0.15, 0.2) is 47.4 Å². The van der Waals surface area contributed by atoms with Crippen LogP contribution in [0.1, 0.15) is 25.8 Å². The lowest BCUT2D eigenvalue weighted by atomic mass is 10.1. The van der Waals surface area contributed by atoms with Gasteiger partial charge in [-0.2, -0.15) is 0 Å². The number of rotatable bonds is 5. The van der Waals surface area contributed by atoms with E-state index >= 15 is 0 Å². The Balaban J connectivity index is 1.72. The first-order valence-electron chi connectivity index (χ1n) is 8.65. The molecule has 4 nitrogen and oxygen atoms in total. The molecule has 1 unspecified atom stereocenters. The number of carbonyl (C=O) groups is 2. The molecule has 0 spiro atoms. The highest BCUT2D eigenvalue weighted by atomic mass is 35.5. The summed E-state index contributed by atoms with van der Waals surface area (Å²) in [5.74, 6) is -0.201. The minimum Gasteiger partial charge on any atom is -0.336 e. The minimum atomic E-state index is -0.442. The minimum absolute atomic E-state index is 0.00380. The summed E-state index contributed by atoms with van der Waals surface area (Å²) >= 11 is 13.5. The molecule has 142 valence electrons. The molecule has 0 fully saturated rings. The van der Waals surface area contributed by atoms with Gasteiger partial charge in [0.2, 0.25) is 11.8 Å². The summed E-state index contributed by atoms with van der Waals surface area (Å²) in [5.41, 5.74) is 1.70. The van der Waals surface area contributed by atoms with Crippen molar-refractivity contribution in [3.8, 4) is 0 Å². The number of nitrogens with one attached hydrogen (secondary N) is 1. The van der Waals surface area contributed by atoms with Crippen molar-refractivity contribution in [3.63, 3.8) is 0 Å². The molecule has 1 aliphatic heterocycles. The van der Waals surface area contributed by atoms with E-state index in [1.54, 1.807) is 17.0 Å². The highest BCUT2D eigenvalue weighted by Gasteiger charge is 2.31. The first kappa shape index (κ1) is 20.1. The zero-order valence-electron chi connectivity index (χ0n) is 15.0.